The van der Waals surface area contributed by atoms with Gasteiger partial charge in [-0.2, -0.15) is 0 Å². The van der Waals surface area contributed by atoms with Crippen LogP contribution in [-0.4, -0.2) is 51.0 Å². The molecule has 0 atom stereocenters. The van der Waals surface area contributed by atoms with Crippen LogP contribution in [0.5, 0.6) is 0 Å². The standard InChI is InChI=1S/C18H30N2O2S/c1-18(2,23(4,21)22)15-19(3)14-16-8-10-17(11-9-16)20-12-6-5-7-13-20/h8-11H,5-7,12-15H2,1-4H3. The topological polar surface area (TPSA) is 40.6 Å². The Labute approximate surface area is 141 Å². The molecule has 0 aliphatic carbocycles. The monoisotopic (exact) mass is 338 g/mol. The summed E-state index contributed by atoms with van der Waals surface area (Å²) in [7, 11) is -1.08. The molecule has 0 saturated carbocycles. The minimum absolute atomic E-state index is 0.527. The molecule has 23 heavy (non-hydrogen) atoms. The molecule has 5 heteroatoms. The second-order valence-corrected chi connectivity index (χ2v) is 10.1. The average Bonchev–Trinajstić information content (AvgIpc) is 2.47. The molecule has 1 aromatic rings. The van der Waals surface area contributed by atoms with Crippen LogP contribution in [0.25, 0.3) is 0 Å². The molecule has 0 spiro atoms. The summed E-state index contributed by atoms with van der Waals surface area (Å²) in [4.78, 5) is 4.53. The van der Waals surface area contributed by atoms with E-state index in [0.717, 1.165) is 19.6 Å². The van der Waals surface area contributed by atoms with Gasteiger partial charge in [0.1, 0.15) is 0 Å². The number of benzene rings is 1. The maximum atomic E-state index is 11.8. The predicted molar refractivity (Wildman–Crippen MR) is 97.8 cm³/mol. The summed E-state index contributed by atoms with van der Waals surface area (Å²) in [5, 5.41) is 0. The van der Waals surface area contributed by atoms with Gasteiger partial charge in [-0.15, -0.1) is 0 Å². The molecule has 130 valence electrons. The van der Waals surface area contributed by atoms with Crippen molar-refractivity contribution in [1.82, 2.24) is 4.90 Å². The van der Waals surface area contributed by atoms with E-state index < -0.39 is 14.6 Å². The molecule has 0 aromatic heterocycles. The van der Waals surface area contributed by atoms with E-state index in [1.165, 1.54) is 36.8 Å². The van der Waals surface area contributed by atoms with Crippen molar-refractivity contribution in [3.63, 3.8) is 0 Å². The Bertz CT molecular complexity index is 602. The normalized spacial score (nSPS) is 16.8. The predicted octanol–water partition coefficient (Wildman–Crippen LogP) is 2.93. The first-order valence-electron chi connectivity index (χ1n) is 8.41. The van der Waals surface area contributed by atoms with Gasteiger partial charge in [-0.3, -0.25) is 0 Å². The van der Waals surface area contributed by atoms with E-state index in [1.54, 1.807) is 13.8 Å². The third-order valence-corrected chi connectivity index (χ3v) is 6.90. The van der Waals surface area contributed by atoms with Crippen LogP contribution in [0.1, 0.15) is 38.7 Å². The minimum atomic E-state index is -3.06. The van der Waals surface area contributed by atoms with E-state index in [-0.39, 0.29) is 0 Å². The number of hydrogen-bond donors (Lipinski definition) is 0. The Kier molecular flexibility index (Phi) is 5.74. The molecule has 1 aromatic carbocycles. The van der Waals surface area contributed by atoms with Gasteiger partial charge in [0, 0.05) is 38.1 Å². The van der Waals surface area contributed by atoms with Crippen LogP contribution in [0, 0.1) is 0 Å². The van der Waals surface area contributed by atoms with E-state index >= 15 is 0 Å². The fourth-order valence-electron chi connectivity index (χ4n) is 3.10. The molecule has 1 heterocycles. The maximum Gasteiger partial charge on any atom is 0.153 e. The molecule has 1 aliphatic heterocycles. The van der Waals surface area contributed by atoms with Crippen molar-refractivity contribution in [3.8, 4) is 0 Å². The smallest absolute Gasteiger partial charge is 0.153 e. The van der Waals surface area contributed by atoms with E-state index in [2.05, 4.69) is 34.1 Å². The van der Waals surface area contributed by atoms with Gasteiger partial charge >= 0.3 is 0 Å². The Morgan fingerprint density at radius 2 is 1.65 bits per heavy atom. The molecule has 0 N–H and O–H groups in total. The first-order chi connectivity index (χ1) is 10.7. The van der Waals surface area contributed by atoms with Gasteiger partial charge in [-0.25, -0.2) is 8.42 Å². The lowest BCUT2D eigenvalue weighted by atomic mass is 10.1. The molecule has 0 bridgehead atoms. The molecule has 0 amide bonds. The Morgan fingerprint density at radius 1 is 1.09 bits per heavy atom. The van der Waals surface area contributed by atoms with Crippen LogP contribution >= 0.6 is 0 Å². The van der Waals surface area contributed by atoms with Gasteiger partial charge < -0.3 is 9.80 Å². The highest BCUT2D eigenvalue weighted by molar-refractivity contribution is 7.92. The number of hydrogen-bond acceptors (Lipinski definition) is 4. The van der Waals surface area contributed by atoms with Gasteiger partial charge in [-0.05, 0) is 57.9 Å². The van der Waals surface area contributed by atoms with Crippen LogP contribution < -0.4 is 4.90 Å². The van der Waals surface area contributed by atoms with Gasteiger partial charge in [0.15, 0.2) is 9.84 Å². The highest BCUT2D eigenvalue weighted by Crippen LogP contribution is 2.21. The number of rotatable bonds is 6. The molecule has 1 aliphatic rings. The van der Waals surface area contributed by atoms with Crippen LogP contribution in [-0.2, 0) is 16.4 Å². The highest BCUT2D eigenvalue weighted by atomic mass is 32.2. The lowest BCUT2D eigenvalue weighted by molar-refractivity contribution is 0.296. The van der Waals surface area contributed by atoms with Gasteiger partial charge in [0.25, 0.3) is 0 Å². The summed E-state index contributed by atoms with van der Waals surface area (Å²) in [5.41, 5.74) is 2.52. The number of sulfone groups is 1. The number of nitrogens with zero attached hydrogens (tertiary/aromatic N) is 2. The lowest BCUT2D eigenvalue weighted by Crippen LogP contribution is -2.42. The maximum absolute atomic E-state index is 11.8. The zero-order valence-corrected chi connectivity index (χ0v) is 15.7. The van der Waals surface area contributed by atoms with Gasteiger partial charge in [-0.1, -0.05) is 12.1 Å². The van der Waals surface area contributed by atoms with Crippen molar-refractivity contribution < 1.29 is 8.42 Å². The fourth-order valence-corrected chi connectivity index (χ4v) is 3.55. The van der Waals surface area contributed by atoms with E-state index in [9.17, 15) is 8.42 Å². The molecule has 0 unspecified atom stereocenters. The zero-order chi connectivity index (χ0) is 17.1. The Hall–Kier alpha value is -1.07. The molecule has 1 saturated heterocycles. The largest absolute Gasteiger partial charge is 0.372 e. The fraction of sp³-hybridized carbons (Fsp3) is 0.667. The molecule has 0 radical (unpaired) electrons. The van der Waals surface area contributed by atoms with Crippen molar-refractivity contribution in [3.05, 3.63) is 29.8 Å². The summed E-state index contributed by atoms with van der Waals surface area (Å²) < 4.78 is 22.9. The summed E-state index contributed by atoms with van der Waals surface area (Å²) in [6.07, 6.45) is 5.22. The van der Waals surface area contributed by atoms with Crippen molar-refractivity contribution in [1.29, 1.82) is 0 Å². The Balaban J connectivity index is 1.95. The summed E-state index contributed by atoms with van der Waals surface area (Å²) in [5.74, 6) is 0. The second kappa shape index (κ2) is 7.22. The van der Waals surface area contributed by atoms with Crippen molar-refractivity contribution in [2.75, 3.05) is 37.8 Å². The number of piperidine rings is 1. The van der Waals surface area contributed by atoms with Crippen LogP contribution in [0.15, 0.2) is 24.3 Å². The summed E-state index contributed by atoms with van der Waals surface area (Å²) >= 11 is 0. The minimum Gasteiger partial charge on any atom is -0.372 e. The van der Waals surface area contributed by atoms with E-state index in [4.69, 9.17) is 0 Å². The molecular formula is C18H30N2O2S. The van der Waals surface area contributed by atoms with Crippen LogP contribution in [0.2, 0.25) is 0 Å². The average molecular weight is 339 g/mol. The van der Waals surface area contributed by atoms with Crippen molar-refractivity contribution in [2.45, 2.75) is 44.4 Å². The van der Waals surface area contributed by atoms with Crippen molar-refractivity contribution >= 4 is 15.5 Å². The van der Waals surface area contributed by atoms with E-state index in [1.807, 2.05) is 7.05 Å². The molecule has 2 rings (SSSR count). The number of anilines is 1. The second-order valence-electron chi connectivity index (χ2n) is 7.42. The quantitative estimate of drug-likeness (QED) is 0.800. The third-order valence-electron chi connectivity index (χ3n) is 4.76. The first-order valence-corrected chi connectivity index (χ1v) is 10.3. The van der Waals surface area contributed by atoms with E-state index in [0.29, 0.717) is 6.54 Å². The van der Waals surface area contributed by atoms with Gasteiger partial charge in [0.2, 0.25) is 0 Å². The SMILES string of the molecule is CN(Cc1ccc(N2CCCCC2)cc1)CC(C)(C)S(C)(=O)=O. The van der Waals surface area contributed by atoms with Crippen LogP contribution in [0.4, 0.5) is 5.69 Å². The zero-order valence-electron chi connectivity index (χ0n) is 14.9. The third kappa shape index (κ3) is 4.95. The Morgan fingerprint density at radius 3 is 2.17 bits per heavy atom. The molecular weight excluding hydrogens is 308 g/mol. The molecule has 4 nitrogen and oxygen atoms in total. The highest BCUT2D eigenvalue weighted by Gasteiger charge is 2.31. The summed E-state index contributed by atoms with van der Waals surface area (Å²) in [6, 6.07) is 8.70. The lowest BCUT2D eigenvalue weighted by Gasteiger charge is -2.30. The first kappa shape index (κ1) is 18.3. The summed E-state index contributed by atoms with van der Waals surface area (Å²) in [6.45, 7) is 7.18. The van der Waals surface area contributed by atoms with Crippen LogP contribution in [0.3, 0.4) is 0 Å². The van der Waals surface area contributed by atoms with Gasteiger partial charge in [0.05, 0.1) is 4.75 Å². The molecule has 1 fully saturated rings. The van der Waals surface area contributed by atoms with Crippen molar-refractivity contribution in [2.24, 2.45) is 0 Å².